The van der Waals surface area contributed by atoms with Crippen LogP contribution in [0, 0.1) is 0 Å². The van der Waals surface area contributed by atoms with Crippen molar-refractivity contribution in [3.8, 4) is 11.5 Å². The van der Waals surface area contributed by atoms with E-state index in [1.807, 2.05) is 6.92 Å². The van der Waals surface area contributed by atoms with E-state index in [9.17, 15) is 4.79 Å². The van der Waals surface area contributed by atoms with Crippen LogP contribution in [0.4, 0.5) is 0 Å². The predicted octanol–water partition coefficient (Wildman–Crippen LogP) is 0.0297. The van der Waals surface area contributed by atoms with Crippen LogP contribution in [-0.4, -0.2) is 37.3 Å². The molecule has 106 valence electrons. The normalized spacial score (nSPS) is 11.9. The molecule has 6 nitrogen and oxygen atoms in total. The summed E-state index contributed by atoms with van der Waals surface area (Å²) < 4.78 is 10.7. The van der Waals surface area contributed by atoms with Gasteiger partial charge in [-0.2, -0.15) is 0 Å². The van der Waals surface area contributed by atoms with Crippen LogP contribution in [0.1, 0.15) is 12.5 Å². The number of aliphatic hydroxyl groups excluding tert-OH is 1. The smallest absolute Gasteiger partial charge is 0.238 e. The van der Waals surface area contributed by atoms with Gasteiger partial charge in [0.1, 0.15) is 12.6 Å². The van der Waals surface area contributed by atoms with Crippen LogP contribution in [0.2, 0.25) is 0 Å². The van der Waals surface area contributed by atoms with Gasteiger partial charge < -0.3 is 25.6 Å². The maximum Gasteiger partial charge on any atom is 0.238 e. The second-order valence-electron chi connectivity index (χ2n) is 3.97. The number of benzene rings is 1. The lowest BCUT2D eigenvalue weighted by atomic mass is 10.2. The first-order valence-corrected chi connectivity index (χ1v) is 6.05. The monoisotopic (exact) mass is 268 g/mol. The summed E-state index contributed by atoms with van der Waals surface area (Å²) in [7, 11) is 1.51. The maximum absolute atomic E-state index is 11.2. The third-order valence-corrected chi connectivity index (χ3v) is 2.61. The van der Waals surface area contributed by atoms with E-state index in [1.165, 1.54) is 7.11 Å². The highest BCUT2D eigenvalue weighted by molar-refractivity contribution is 5.80. The summed E-state index contributed by atoms with van der Waals surface area (Å²) >= 11 is 0. The summed E-state index contributed by atoms with van der Waals surface area (Å²) in [4.78, 5) is 11.2. The van der Waals surface area contributed by atoms with E-state index in [-0.39, 0.29) is 13.2 Å². The van der Waals surface area contributed by atoms with E-state index in [2.05, 4.69) is 5.32 Å². The van der Waals surface area contributed by atoms with Crippen LogP contribution in [0.25, 0.3) is 0 Å². The quantitative estimate of drug-likeness (QED) is 0.618. The van der Waals surface area contributed by atoms with E-state index in [0.717, 1.165) is 5.56 Å². The summed E-state index contributed by atoms with van der Waals surface area (Å²) in [6, 6.07) is 4.55. The number of ether oxygens (including phenoxy) is 2. The van der Waals surface area contributed by atoms with Crippen molar-refractivity contribution in [2.45, 2.75) is 19.6 Å². The standard InChI is InChI=1S/C13H20N2O4/c1-3-15-10(13(14)17)8-19-11-5-4-9(7-16)6-12(11)18-2/h4-6,10,15-16H,3,7-8H2,1-2H3,(H2,14,17). The van der Waals surface area contributed by atoms with Gasteiger partial charge in [-0.25, -0.2) is 0 Å². The SMILES string of the molecule is CCNC(COc1ccc(CO)cc1OC)C(N)=O. The first-order chi connectivity index (χ1) is 9.12. The fourth-order valence-electron chi connectivity index (χ4n) is 1.59. The Morgan fingerprint density at radius 1 is 1.47 bits per heavy atom. The number of hydrogen-bond acceptors (Lipinski definition) is 5. The number of methoxy groups -OCH3 is 1. The number of nitrogens with one attached hydrogen (secondary N) is 1. The highest BCUT2D eigenvalue weighted by atomic mass is 16.5. The average Bonchev–Trinajstić information content (AvgIpc) is 2.42. The summed E-state index contributed by atoms with van der Waals surface area (Å²) in [5.74, 6) is 0.544. The Morgan fingerprint density at radius 3 is 2.74 bits per heavy atom. The summed E-state index contributed by atoms with van der Waals surface area (Å²) in [6.45, 7) is 2.56. The molecule has 1 atom stereocenters. The lowest BCUT2D eigenvalue weighted by molar-refractivity contribution is -0.120. The summed E-state index contributed by atoms with van der Waals surface area (Å²) in [5, 5.41) is 12.0. The van der Waals surface area contributed by atoms with Gasteiger partial charge >= 0.3 is 0 Å². The Kier molecular flexibility index (Phi) is 6.11. The van der Waals surface area contributed by atoms with Crippen molar-refractivity contribution in [2.24, 2.45) is 5.73 Å². The molecule has 19 heavy (non-hydrogen) atoms. The topological polar surface area (TPSA) is 93.8 Å². The molecule has 6 heteroatoms. The Morgan fingerprint density at radius 2 is 2.21 bits per heavy atom. The van der Waals surface area contributed by atoms with Crippen molar-refractivity contribution >= 4 is 5.91 Å². The Bertz CT molecular complexity index is 423. The molecule has 0 aliphatic heterocycles. The van der Waals surface area contributed by atoms with Gasteiger partial charge in [0.25, 0.3) is 0 Å². The fraction of sp³-hybridized carbons (Fsp3) is 0.462. The van der Waals surface area contributed by atoms with E-state index in [0.29, 0.717) is 18.0 Å². The van der Waals surface area contributed by atoms with Crippen LogP contribution in [0.3, 0.4) is 0 Å². The van der Waals surface area contributed by atoms with Gasteiger partial charge in [0.05, 0.1) is 13.7 Å². The molecule has 1 rings (SSSR count). The molecule has 0 fully saturated rings. The van der Waals surface area contributed by atoms with Crippen molar-refractivity contribution in [3.05, 3.63) is 23.8 Å². The first-order valence-electron chi connectivity index (χ1n) is 6.05. The summed E-state index contributed by atoms with van der Waals surface area (Å²) in [6.07, 6.45) is 0. The molecule has 0 heterocycles. The number of likely N-dealkylation sites (N-methyl/N-ethyl adjacent to an activating group) is 1. The lowest BCUT2D eigenvalue weighted by Gasteiger charge is -2.17. The van der Waals surface area contributed by atoms with Gasteiger partial charge in [-0.15, -0.1) is 0 Å². The number of hydrogen-bond donors (Lipinski definition) is 3. The Balaban J connectivity index is 2.73. The zero-order valence-corrected chi connectivity index (χ0v) is 11.2. The van der Waals surface area contributed by atoms with Crippen LogP contribution >= 0.6 is 0 Å². The van der Waals surface area contributed by atoms with Crippen molar-refractivity contribution in [1.29, 1.82) is 0 Å². The molecule has 1 amide bonds. The minimum atomic E-state index is -0.549. The Labute approximate surface area is 112 Å². The van der Waals surface area contributed by atoms with Gasteiger partial charge in [-0.3, -0.25) is 4.79 Å². The predicted molar refractivity (Wildman–Crippen MR) is 71.1 cm³/mol. The van der Waals surface area contributed by atoms with Gasteiger partial charge in [0, 0.05) is 0 Å². The number of carbonyl (C=O) groups is 1. The summed E-state index contributed by atoms with van der Waals surface area (Å²) in [5.41, 5.74) is 5.98. The second-order valence-corrected chi connectivity index (χ2v) is 3.97. The molecule has 0 aromatic heterocycles. The minimum absolute atomic E-state index is 0.0715. The van der Waals surface area contributed by atoms with Gasteiger partial charge in [0.2, 0.25) is 5.91 Å². The minimum Gasteiger partial charge on any atom is -0.493 e. The molecule has 1 aromatic rings. The fourth-order valence-corrected chi connectivity index (χ4v) is 1.59. The van der Waals surface area contributed by atoms with Crippen LogP contribution < -0.4 is 20.5 Å². The molecule has 0 aliphatic rings. The average molecular weight is 268 g/mol. The number of rotatable bonds is 8. The molecule has 1 unspecified atom stereocenters. The van der Waals surface area contributed by atoms with Gasteiger partial charge in [0.15, 0.2) is 11.5 Å². The number of amides is 1. The van der Waals surface area contributed by atoms with Crippen molar-refractivity contribution in [1.82, 2.24) is 5.32 Å². The highest BCUT2D eigenvalue weighted by Crippen LogP contribution is 2.28. The molecular formula is C13H20N2O4. The number of primary amides is 1. The van der Waals surface area contributed by atoms with Crippen LogP contribution in [-0.2, 0) is 11.4 Å². The Hall–Kier alpha value is -1.79. The number of aliphatic hydroxyl groups is 1. The molecule has 0 saturated heterocycles. The molecule has 1 aromatic carbocycles. The molecule has 0 radical (unpaired) electrons. The molecule has 0 bridgehead atoms. The van der Waals surface area contributed by atoms with Crippen molar-refractivity contribution in [3.63, 3.8) is 0 Å². The number of nitrogens with two attached hydrogens (primary N) is 1. The van der Waals surface area contributed by atoms with Gasteiger partial charge in [-0.1, -0.05) is 13.0 Å². The van der Waals surface area contributed by atoms with Gasteiger partial charge in [-0.05, 0) is 24.2 Å². The zero-order chi connectivity index (χ0) is 14.3. The highest BCUT2D eigenvalue weighted by Gasteiger charge is 2.15. The van der Waals surface area contributed by atoms with Crippen molar-refractivity contribution in [2.75, 3.05) is 20.3 Å². The third-order valence-electron chi connectivity index (χ3n) is 2.61. The van der Waals surface area contributed by atoms with Crippen LogP contribution in [0.5, 0.6) is 11.5 Å². The first kappa shape index (κ1) is 15.3. The molecular weight excluding hydrogens is 248 g/mol. The van der Waals surface area contributed by atoms with E-state index < -0.39 is 11.9 Å². The van der Waals surface area contributed by atoms with Crippen LogP contribution in [0.15, 0.2) is 18.2 Å². The lowest BCUT2D eigenvalue weighted by Crippen LogP contribution is -2.45. The van der Waals surface area contributed by atoms with E-state index in [1.54, 1.807) is 18.2 Å². The van der Waals surface area contributed by atoms with E-state index in [4.69, 9.17) is 20.3 Å². The molecule has 0 saturated carbocycles. The molecule has 4 N–H and O–H groups in total. The van der Waals surface area contributed by atoms with Crippen molar-refractivity contribution < 1.29 is 19.4 Å². The number of carbonyl (C=O) groups excluding carboxylic acids is 1. The van der Waals surface area contributed by atoms with E-state index >= 15 is 0 Å². The molecule has 0 spiro atoms. The molecule has 0 aliphatic carbocycles. The largest absolute Gasteiger partial charge is 0.493 e. The maximum atomic E-state index is 11.2. The third kappa shape index (κ3) is 4.42. The second kappa shape index (κ2) is 7.60. The zero-order valence-electron chi connectivity index (χ0n) is 11.2.